The Labute approximate surface area is 76.1 Å². The molecule has 70 valence electrons. The Hall–Kier alpha value is -1.38. The molecule has 0 atom stereocenters. The molecule has 1 aromatic carbocycles. The number of nitrogens with one attached hydrogen (secondary N) is 1. The van der Waals surface area contributed by atoms with Gasteiger partial charge in [-0.05, 0) is 25.1 Å². The van der Waals surface area contributed by atoms with Gasteiger partial charge in [-0.2, -0.15) is 0 Å². The first-order valence-corrected chi connectivity index (χ1v) is 4.04. The summed E-state index contributed by atoms with van der Waals surface area (Å²) in [7, 11) is 0. The summed E-state index contributed by atoms with van der Waals surface area (Å²) in [6.07, 6.45) is 3.66. The Kier molecular flexibility index (Phi) is 3.43. The minimum Gasteiger partial charge on any atom is -0.379 e. The SMILES string of the molecule is C/C=C/CNc1cc(F)ccc1F. The van der Waals surface area contributed by atoms with Gasteiger partial charge in [-0.3, -0.25) is 0 Å². The fourth-order valence-corrected chi connectivity index (χ4v) is 0.920. The number of rotatable bonds is 3. The maximum absolute atomic E-state index is 12.9. The zero-order chi connectivity index (χ0) is 9.68. The van der Waals surface area contributed by atoms with E-state index >= 15 is 0 Å². The molecule has 1 nitrogen and oxygen atoms in total. The largest absolute Gasteiger partial charge is 0.379 e. The van der Waals surface area contributed by atoms with Gasteiger partial charge in [-0.1, -0.05) is 12.2 Å². The summed E-state index contributed by atoms with van der Waals surface area (Å²) in [6, 6.07) is 3.34. The molecule has 0 saturated carbocycles. The first-order valence-electron chi connectivity index (χ1n) is 4.04. The normalized spacial score (nSPS) is 10.7. The van der Waals surface area contributed by atoms with Crippen molar-refractivity contribution < 1.29 is 8.78 Å². The molecule has 13 heavy (non-hydrogen) atoms. The molecule has 0 unspecified atom stereocenters. The van der Waals surface area contributed by atoms with E-state index in [1.165, 1.54) is 0 Å². The molecule has 0 radical (unpaired) electrons. The number of hydrogen-bond donors (Lipinski definition) is 1. The number of hydrogen-bond acceptors (Lipinski definition) is 1. The quantitative estimate of drug-likeness (QED) is 0.710. The van der Waals surface area contributed by atoms with Gasteiger partial charge in [0, 0.05) is 6.54 Å². The van der Waals surface area contributed by atoms with Crippen LogP contribution in [0.5, 0.6) is 0 Å². The Morgan fingerprint density at radius 3 is 2.85 bits per heavy atom. The molecule has 0 aliphatic rings. The molecule has 0 aliphatic heterocycles. The monoisotopic (exact) mass is 183 g/mol. The van der Waals surface area contributed by atoms with Gasteiger partial charge in [0.2, 0.25) is 0 Å². The Balaban J connectivity index is 2.69. The third kappa shape index (κ3) is 2.86. The van der Waals surface area contributed by atoms with Crippen LogP contribution in [0.15, 0.2) is 30.4 Å². The van der Waals surface area contributed by atoms with E-state index in [0.717, 1.165) is 18.2 Å². The summed E-state index contributed by atoms with van der Waals surface area (Å²) in [6.45, 7) is 2.36. The molecule has 0 bridgehead atoms. The van der Waals surface area contributed by atoms with E-state index in [1.807, 2.05) is 19.1 Å². The van der Waals surface area contributed by atoms with Crippen LogP contribution in [0.4, 0.5) is 14.5 Å². The van der Waals surface area contributed by atoms with Gasteiger partial charge in [0.25, 0.3) is 0 Å². The highest BCUT2D eigenvalue weighted by Gasteiger charge is 2.00. The van der Waals surface area contributed by atoms with Gasteiger partial charge in [0.05, 0.1) is 5.69 Å². The summed E-state index contributed by atoms with van der Waals surface area (Å²) < 4.78 is 25.6. The Bertz CT molecular complexity index is 308. The summed E-state index contributed by atoms with van der Waals surface area (Å²) in [5.74, 6) is -0.879. The second-order valence-corrected chi connectivity index (χ2v) is 2.57. The molecular formula is C10H11F2N. The van der Waals surface area contributed by atoms with Crippen molar-refractivity contribution in [3.05, 3.63) is 42.0 Å². The van der Waals surface area contributed by atoms with Crippen molar-refractivity contribution in [2.45, 2.75) is 6.92 Å². The fraction of sp³-hybridized carbons (Fsp3) is 0.200. The highest BCUT2D eigenvalue weighted by molar-refractivity contribution is 5.45. The molecule has 0 heterocycles. The van der Waals surface area contributed by atoms with Gasteiger partial charge >= 0.3 is 0 Å². The van der Waals surface area contributed by atoms with Crippen molar-refractivity contribution in [3.63, 3.8) is 0 Å². The standard InChI is InChI=1S/C10H11F2N/c1-2-3-6-13-10-7-8(11)4-5-9(10)12/h2-5,7,13H,6H2,1H3/b3-2+. The molecule has 0 fully saturated rings. The third-order valence-corrected chi connectivity index (χ3v) is 1.57. The number of halogens is 2. The van der Waals surface area contributed by atoms with Crippen LogP contribution in [0.3, 0.4) is 0 Å². The second-order valence-electron chi connectivity index (χ2n) is 2.57. The molecule has 0 aliphatic carbocycles. The summed E-state index contributed by atoms with van der Waals surface area (Å²) in [4.78, 5) is 0. The lowest BCUT2D eigenvalue weighted by molar-refractivity contribution is 0.603. The van der Waals surface area contributed by atoms with Crippen LogP contribution >= 0.6 is 0 Å². The third-order valence-electron chi connectivity index (χ3n) is 1.57. The van der Waals surface area contributed by atoms with Crippen LogP contribution in [0.25, 0.3) is 0 Å². The van der Waals surface area contributed by atoms with Gasteiger partial charge in [0.1, 0.15) is 11.6 Å². The van der Waals surface area contributed by atoms with Crippen LogP contribution in [0.1, 0.15) is 6.92 Å². The molecule has 3 heteroatoms. The van der Waals surface area contributed by atoms with Crippen molar-refractivity contribution in [1.82, 2.24) is 0 Å². The van der Waals surface area contributed by atoms with Crippen LogP contribution in [-0.4, -0.2) is 6.54 Å². The van der Waals surface area contributed by atoms with E-state index in [4.69, 9.17) is 0 Å². The predicted molar refractivity (Wildman–Crippen MR) is 49.7 cm³/mol. The van der Waals surface area contributed by atoms with Gasteiger partial charge in [0.15, 0.2) is 0 Å². The Morgan fingerprint density at radius 2 is 2.15 bits per heavy atom. The van der Waals surface area contributed by atoms with E-state index in [0.29, 0.717) is 6.54 Å². The van der Waals surface area contributed by atoms with Gasteiger partial charge < -0.3 is 5.32 Å². The molecule has 0 spiro atoms. The molecule has 0 aromatic heterocycles. The first kappa shape index (κ1) is 9.71. The minimum atomic E-state index is -0.440. The summed E-state index contributed by atoms with van der Waals surface area (Å²) >= 11 is 0. The van der Waals surface area contributed by atoms with E-state index in [9.17, 15) is 8.78 Å². The van der Waals surface area contributed by atoms with E-state index in [1.54, 1.807) is 0 Å². The molecule has 1 aromatic rings. The van der Waals surface area contributed by atoms with Crippen LogP contribution < -0.4 is 5.32 Å². The molecular weight excluding hydrogens is 172 g/mol. The molecule has 0 saturated heterocycles. The lowest BCUT2D eigenvalue weighted by Crippen LogP contribution is -2.00. The summed E-state index contributed by atoms with van der Waals surface area (Å²) in [5, 5.41) is 2.75. The average molecular weight is 183 g/mol. The van der Waals surface area contributed by atoms with Gasteiger partial charge in [-0.15, -0.1) is 0 Å². The predicted octanol–water partition coefficient (Wildman–Crippen LogP) is 2.95. The maximum Gasteiger partial charge on any atom is 0.146 e. The number of allylic oxidation sites excluding steroid dienone is 1. The smallest absolute Gasteiger partial charge is 0.146 e. The molecule has 1 rings (SSSR count). The minimum absolute atomic E-state index is 0.193. The number of benzene rings is 1. The second kappa shape index (κ2) is 4.60. The molecule has 1 N–H and O–H groups in total. The highest BCUT2D eigenvalue weighted by atomic mass is 19.1. The Morgan fingerprint density at radius 1 is 1.38 bits per heavy atom. The first-order chi connectivity index (χ1) is 6.24. The maximum atomic E-state index is 12.9. The van der Waals surface area contributed by atoms with Crippen LogP contribution in [0, 0.1) is 11.6 Å². The molecule has 0 amide bonds. The van der Waals surface area contributed by atoms with Crippen molar-refractivity contribution in [2.75, 3.05) is 11.9 Å². The van der Waals surface area contributed by atoms with Gasteiger partial charge in [-0.25, -0.2) is 8.78 Å². The van der Waals surface area contributed by atoms with Crippen molar-refractivity contribution in [2.24, 2.45) is 0 Å². The fourth-order valence-electron chi connectivity index (χ4n) is 0.920. The van der Waals surface area contributed by atoms with Crippen molar-refractivity contribution in [3.8, 4) is 0 Å². The zero-order valence-corrected chi connectivity index (χ0v) is 7.35. The van der Waals surface area contributed by atoms with Crippen LogP contribution in [0.2, 0.25) is 0 Å². The lowest BCUT2D eigenvalue weighted by atomic mass is 10.3. The van der Waals surface area contributed by atoms with E-state index < -0.39 is 11.6 Å². The van der Waals surface area contributed by atoms with E-state index in [2.05, 4.69) is 5.32 Å². The van der Waals surface area contributed by atoms with Crippen molar-refractivity contribution in [1.29, 1.82) is 0 Å². The van der Waals surface area contributed by atoms with E-state index in [-0.39, 0.29) is 5.69 Å². The van der Waals surface area contributed by atoms with Crippen LogP contribution in [-0.2, 0) is 0 Å². The number of anilines is 1. The lowest BCUT2D eigenvalue weighted by Gasteiger charge is -2.04. The van der Waals surface area contributed by atoms with Crippen molar-refractivity contribution >= 4 is 5.69 Å². The topological polar surface area (TPSA) is 12.0 Å². The summed E-state index contributed by atoms with van der Waals surface area (Å²) in [5.41, 5.74) is 0.193. The zero-order valence-electron chi connectivity index (χ0n) is 7.35. The average Bonchev–Trinajstić information content (AvgIpc) is 2.11. The highest BCUT2D eigenvalue weighted by Crippen LogP contribution is 2.14.